The Bertz CT molecular complexity index is 1100. The van der Waals surface area contributed by atoms with Gasteiger partial charge in [0, 0.05) is 25.4 Å². The third-order valence-electron chi connectivity index (χ3n) is 4.82. The molecule has 0 aliphatic carbocycles. The lowest BCUT2D eigenvalue weighted by atomic mass is 10.1. The first kappa shape index (κ1) is 25.2. The van der Waals surface area contributed by atoms with Crippen molar-refractivity contribution in [3.8, 4) is 5.75 Å². The van der Waals surface area contributed by atoms with Crippen molar-refractivity contribution in [2.75, 3.05) is 24.6 Å². The Balaban J connectivity index is 1.33. The molecule has 0 fully saturated rings. The van der Waals surface area contributed by atoms with Crippen LogP contribution in [0, 0.1) is 3.70 Å². The summed E-state index contributed by atoms with van der Waals surface area (Å²) in [6, 6.07) is 8.11. The predicted molar refractivity (Wildman–Crippen MR) is 139 cm³/mol. The summed E-state index contributed by atoms with van der Waals surface area (Å²) in [7, 11) is 0. The van der Waals surface area contributed by atoms with Crippen LogP contribution in [0.1, 0.15) is 41.1 Å². The summed E-state index contributed by atoms with van der Waals surface area (Å²) in [6.45, 7) is 1.14. The number of unbranched alkanes of at least 4 members (excludes halogenated alkanes) is 1. The van der Waals surface area contributed by atoms with E-state index in [9.17, 15) is 4.79 Å². The van der Waals surface area contributed by atoms with Gasteiger partial charge in [-0.2, -0.15) is 0 Å². The van der Waals surface area contributed by atoms with Gasteiger partial charge in [-0.1, -0.05) is 12.1 Å². The monoisotopic (exact) mass is 577 g/mol. The molecule has 12 heteroatoms. The molecule has 0 saturated carbocycles. The van der Waals surface area contributed by atoms with Crippen LogP contribution in [0.15, 0.2) is 41.7 Å². The van der Waals surface area contributed by atoms with Crippen molar-refractivity contribution >= 4 is 46.1 Å². The van der Waals surface area contributed by atoms with Crippen LogP contribution in [0.5, 0.6) is 5.75 Å². The van der Waals surface area contributed by atoms with Gasteiger partial charge in [0.1, 0.15) is 15.3 Å². The fourth-order valence-corrected chi connectivity index (χ4v) is 3.44. The number of hydrogen-bond donors (Lipinski definition) is 5. The molecule has 0 atom stereocenters. The number of benzene rings is 1. The summed E-state index contributed by atoms with van der Waals surface area (Å²) in [5.74, 6) is 1.37. The van der Waals surface area contributed by atoms with Crippen molar-refractivity contribution < 1.29 is 9.53 Å². The summed E-state index contributed by atoms with van der Waals surface area (Å²) in [5, 5.41) is 2.47. The third-order valence-corrected chi connectivity index (χ3v) is 5.62. The van der Waals surface area contributed by atoms with Crippen molar-refractivity contribution in [2.45, 2.75) is 32.1 Å². The summed E-state index contributed by atoms with van der Waals surface area (Å²) in [6.07, 6.45) is 8.01. The minimum Gasteiger partial charge on any atom is -0.494 e. The number of ether oxygens (including phenoxy) is 1. The number of nitrogens with one attached hydrogen (secondary N) is 2. The normalized spacial score (nSPS) is 11.4. The quantitative estimate of drug-likeness (QED) is 0.0993. The van der Waals surface area contributed by atoms with E-state index in [-0.39, 0.29) is 23.3 Å². The standard InChI is InChI=1S/C22H28IN9O2/c23-18-20(25)31-19(24)17(30-18)21(33)32-22(26)29-10-2-1-4-14-6-8-15(9-7-14)34-13-3-5-16-27-11-12-28-16/h6-9,11-12H,1-5,10,13H2,(H,27,28)(H4,24,25,31)(H3,26,29,32,33). The molecule has 1 amide bonds. The van der Waals surface area contributed by atoms with Crippen LogP contribution in [-0.4, -0.2) is 45.0 Å². The fraction of sp³-hybridized carbons (Fsp3) is 0.318. The summed E-state index contributed by atoms with van der Waals surface area (Å²) in [4.78, 5) is 31.7. The first-order chi connectivity index (χ1) is 16.4. The Morgan fingerprint density at radius 1 is 1.09 bits per heavy atom. The molecule has 3 aromatic rings. The number of hydrogen-bond acceptors (Lipinski definition) is 8. The largest absolute Gasteiger partial charge is 0.494 e. The van der Waals surface area contributed by atoms with Crippen LogP contribution in [0.25, 0.3) is 0 Å². The van der Waals surface area contributed by atoms with E-state index in [0.29, 0.717) is 16.9 Å². The highest BCUT2D eigenvalue weighted by Gasteiger charge is 2.16. The van der Waals surface area contributed by atoms with Crippen molar-refractivity contribution in [3.63, 3.8) is 0 Å². The van der Waals surface area contributed by atoms with Crippen LogP contribution >= 0.6 is 22.6 Å². The molecular formula is C22H28IN9O2. The lowest BCUT2D eigenvalue weighted by Gasteiger charge is -2.08. The molecule has 11 nitrogen and oxygen atoms in total. The molecule has 0 aliphatic heterocycles. The highest BCUT2D eigenvalue weighted by atomic mass is 127. The molecule has 2 aromatic heterocycles. The van der Waals surface area contributed by atoms with Gasteiger partial charge >= 0.3 is 0 Å². The maximum absolute atomic E-state index is 12.3. The number of nitrogen functional groups attached to an aromatic ring is 2. The molecule has 0 radical (unpaired) electrons. The van der Waals surface area contributed by atoms with Gasteiger partial charge in [0.05, 0.1) is 6.61 Å². The number of nitrogens with zero attached hydrogens (tertiary/aromatic N) is 4. The van der Waals surface area contributed by atoms with Crippen LogP contribution in [0.4, 0.5) is 11.6 Å². The zero-order valence-corrected chi connectivity index (χ0v) is 20.8. The smallest absolute Gasteiger partial charge is 0.280 e. The average Bonchev–Trinajstić information content (AvgIpc) is 3.33. The number of rotatable bonds is 11. The zero-order chi connectivity index (χ0) is 24.3. The number of aliphatic imine (C=N–C) groups is 1. The lowest BCUT2D eigenvalue weighted by Crippen LogP contribution is -2.38. The van der Waals surface area contributed by atoms with Gasteiger partial charge in [-0.25, -0.2) is 15.0 Å². The number of carbonyl (C=O) groups is 1. The molecule has 0 unspecified atom stereocenters. The van der Waals surface area contributed by atoms with Gasteiger partial charge in [0.15, 0.2) is 23.3 Å². The van der Waals surface area contributed by atoms with Crippen molar-refractivity contribution in [3.05, 3.63) is 57.4 Å². The maximum atomic E-state index is 12.3. The van der Waals surface area contributed by atoms with E-state index in [1.54, 1.807) is 6.20 Å². The number of amides is 1. The fourth-order valence-electron chi connectivity index (χ4n) is 3.08. The van der Waals surface area contributed by atoms with Gasteiger partial charge in [-0.15, -0.1) is 0 Å². The van der Waals surface area contributed by atoms with Crippen molar-refractivity contribution in [2.24, 2.45) is 10.7 Å². The highest BCUT2D eigenvalue weighted by molar-refractivity contribution is 14.1. The van der Waals surface area contributed by atoms with Crippen LogP contribution in [-0.2, 0) is 12.8 Å². The number of aryl methyl sites for hydroxylation is 2. The molecule has 1 aromatic carbocycles. The highest BCUT2D eigenvalue weighted by Crippen LogP contribution is 2.15. The minimum absolute atomic E-state index is 0.00609. The number of anilines is 2. The second kappa shape index (κ2) is 12.7. The van der Waals surface area contributed by atoms with Crippen LogP contribution in [0.2, 0.25) is 0 Å². The predicted octanol–water partition coefficient (Wildman–Crippen LogP) is 2.05. The van der Waals surface area contributed by atoms with E-state index in [4.69, 9.17) is 21.9 Å². The Morgan fingerprint density at radius 3 is 2.62 bits per heavy atom. The Labute approximate surface area is 211 Å². The minimum atomic E-state index is -0.576. The van der Waals surface area contributed by atoms with E-state index in [1.807, 2.05) is 40.9 Å². The molecule has 8 N–H and O–H groups in total. The third kappa shape index (κ3) is 7.86. The SMILES string of the molecule is NC(=NCCCCc1ccc(OCCCc2ncc[nH]2)cc1)NC(=O)c1nc(I)c(N)nc1N. The van der Waals surface area contributed by atoms with E-state index < -0.39 is 5.91 Å². The topological polar surface area (TPSA) is 183 Å². The zero-order valence-electron chi connectivity index (χ0n) is 18.6. The van der Waals surface area contributed by atoms with Gasteiger partial charge < -0.3 is 26.9 Å². The van der Waals surface area contributed by atoms with Gasteiger partial charge in [0.25, 0.3) is 5.91 Å². The number of aromatic amines is 1. The summed E-state index contributed by atoms with van der Waals surface area (Å²) in [5.41, 5.74) is 18.3. The van der Waals surface area contributed by atoms with Gasteiger partial charge in [-0.3, -0.25) is 15.1 Å². The van der Waals surface area contributed by atoms with Crippen molar-refractivity contribution in [1.29, 1.82) is 0 Å². The number of carbonyl (C=O) groups excluding carboxylic acids is 1. The maximum Gasteiger partial charge on any atom is 0.280 e. The number of imidazole rings is 1. The number of aromatic nitrogens is 4. The number of nitrogens with two attached hydrogens (primary N) is 3. The second-order valence-corrected chi connectivity index (χ2v) is 8.47. The molecule has 2 heterocycles. The second-order valence-electron chi connectivity index (χ2n) is 7.44. The summed E-state index contributed by atoms with van der Waals surface area (Å²) >= 11 is 1.88. The lowest BCUT2D eigenvalue weighted by molar-refractivity contribution is 0.0972. The molecule has 0 spiro atoms. The first-order valence-electron chi connectivity index (χ1n) is 10.8. The Kier molecular flexibility index (Phi) is 9.43. The Morgan fingerprint density at radius 2 is 1.88 bits per heavy atom. The van der Waals surface area contributed by atoms with E-state index in [1.165, 1.54) is 5.56 Å². The molecular weight excluding hydrogens is 549 g/mol. The van der Waals surface area contributed by atoms with Gasteiger partial charge in [0.2, 0.25) is 0 Å². The summed E-state index contributed by atoms with van der Waals surface area (Å²) < 4.78 is 6.17. The number of guanidine groups is 1. The Hall–Kier alpha value is -3.42. The molecule has 180 valence electrons. The van der Waals surface area contributed by atoms with E-state index in [2.05, 4.69) is 42.4 Å². The number of halogens is 1. The van der Waals surface area contributed by atoms with Crippen LogP contribution in [0.3, 0.4) is 0 Å². The van der Waals surface area contributed by atoms with E-state index >= 15 is 0 Å². The number of H-pyrrole nitrogens is 1. The molecule has 34 heavy (non-hydrogen) atoms. The van der Waals surface area contributed by atoms with Crippen LogP contribution < -0.4 is 27.3 Å². The molecule has 0 aliphatic rings. The molecule has 0 saturated heterocycles. The molecule has 0 bridgehead atoms. The average molecular weight is 577 g/mol. The molecule has 3 rings (SSSR count). The van der Waals surface area contributed by atoms with Crippen molar-refractivity contribution in [1.82, 2.24) is 25.3 Å². The van der Waals surface area contributed by atoms with Gasteiger partial charge in [-0.05, 0) is 66.0 Å². The first-order valence-corrected chi connectivity index (χ1v) is 11.9. The van der Waals surface area contributed by atoms with E-state index in [0.717, 1.165) is 43.7 Å².